The van der Waals surface area contributed by atoms with Crippen molar-refractivity contribution in [1.82, 2.24) is 14.3 Å². The second kappa shape index (κ2) is 5.00. The Morgan fingerprint density at radius 1 is 1.14 bits per heavy atom. The van der Waals surface area contributed by atoms with E-state index in [1.54, 1.807) is 24.7 Å². The van der Waals surface area contributed by atoms with E-state index < -0.39 is 0 Å². The maximum absolute atomic E-state index is 12.6. The molecule has 3 heterocycles. The molecule has 0 aromatic carbocycles. The molecule has 0 unspecified atom stereocenters. The molecule has 0 amide bonds. The molecular formula is C14H18N4O3. The quantitative estimate of drug-likeness (QED) is 0.726. The number of pyridine rings is 1. The SMILES string of the molecule is Cc1cc2c(=O)n(C)nc(N3CCOCC3)c2c(=O)n1C. The number of ether oxygens (including phenoxy) is 1. The minimum atomic E-state index is -0.247. The Balaban J connectivity index is 2.39. The van der Waals surface area contributed by atoms with Gasteiger partial charge in [0.25, 0.3) is 11.1 Å². The molecule has 112 valence electrons. The van der Waals surface area contributed by atoms with Crippen molar-refractivity contribution < 1.29 is 4.74 Å². The monoisotopic (exact) mass is 290 g/mol. The number of aryl methyl sites for hydroxylation is 2. The van der Waals surface area contributed by atoms with Crippen molar-refractivity contribution in [3.63, 3.8) is 0 Å². The summed E-state index contributed by atoms with van der Waals surface area (Å²) in [6, 6.07) is 1.75. The van der Waals surface area contributed by atoms with Crippen LogP contribution in [0.15, 0.2) is 15.7 Å². The molecule has 0 atom stereocenters. The number of anilines is 1. The Bertz CT molecular complexity index is 816. The Kier molecular flexibility index (Phi) is 3.29. The van der Waals surface area contributed by atoms with Crippen LogP contribution < -0.4 is 16.0 Å². The third-order valence-electron chi connectivity index (χ3n) is 3.97. The second-order valence-electron chi connectivity index (χ2n) is 5.29. The second-order valence-corrected chi connectivity index (χ2v) is 5.29. The number of morpholine rings is 1. The van der Waals surface area contributed by atoms with Gasteiger partial charge in [0.1, 0.15) is 0 Å². The standard InChI is InChI=1S/C14H18N4O3/c1-9-8-10-11(14(20)16(9)2)12(15-17(3)13(10)19)18-4-6-21-7-5-18/h8H,4-7H2,1-3H3. The van der Waals surface area contributed by atoms with Crippen LogP contribution in [0, 0.1) is 6.92 Å². The molecule has 0 aliphatic carbocycles. The van der Waals surface area contributed by atoms with E-state index in [1.165, 1.54) is 4.68 Å². The van der Waals surface area contributed by atoms with Crippen LogP contribution >= 0.6 is 0 Å². The predicted molar refractivity (Wildman–Crippen MR) is 80.0 cm³/mol. The first-order valence-electron chi connectivity index (χ1n) is 6.91. The van der Waals surface area contributed by atoms with E-state index in [1.807, 2.05) is 11.8 Å². The fourth-order valence-corrected chi connectivity index (χ4v) is 2.61. The van der Waals surface area contributed by atoms with E-state index in [2.05, 4.69) is 5.10 Å². The number of hydrogen-bond donors (Lipinski definition) is 0. The molecule has 1 fully saturated rings. The topological polar surface area (TPSA) is 69.4 Å². The molecule has 0 radical (unpaired) electrons. The van der Waals surface area contributed by atoms with Crippen LogP contribution in [0.1, 0.15) is 5.69 Å². The molecule has 0 saturated carbocycles. The Hall–Kier alpha value is -2.15. The highest BCUT2D eigenvalue weighted by molar-refractivity contribution is 5.91. The van der Waals surface area contributed by atoms with E-state index in [-0.39, 0.29) is 11.1 Å². The Labute approximate surface area is 121 Å². The van der Waals surface area contributed by atoms with E-state index in [9.17, 15) is 9.59 Å². The highest BCUT2D eigenvalue weighted by atomic mass is 16.5. The van der Waals surface area contributed by atoms with Crippen molar-refractivity contribution in [3.05, 3.63) is 32.5 Å². The molecule has 3 rings (SSSR count). The summed E-state index contributed by atoms with van der Waals surface area (Å²) in [7, 11) is 3.32. The number of rotatable bonds is 1. The summed E-state index contributed by atoms with van der Waals surface area (Å²) in [6.45, 7) is 4.33. The molecular weight excluding hydrogens is 272 g/mol. The largest absolute Gasteiger partial charge is 0.378 e. The lowest BCUT2D eigenvalue weighted by Gasteiger charge is -2.28. The number of nitrogens with zero attached hydrogens (tertiary/aromatic N) is 4. The van der Waals surface area contributed by atoms with Crippen LogP contribution in [0.2, 0.25) is 0 Å². The summed E-state index contributed by atoms with van der Waals surface area (Å²) in [5.74, 6) is 0.566. The zero-order chi connectivity index (χ0) is 15.1. The Morgan fingerprint density at radius 2 is 1.81 bits per heavy atom. The summed E-state index contributed by atoms with van der Waals surface area (Å²) >= 11 is 0. The normalized spacial score (nSPS) is 15.7. The van der Waals surface area contributed by atoms with Gasteiger partial charge in [-0.2, -0.15) is 5.10 Å². The molecule has 2 aromatic rings. The molecule has 0 spiro atoms. The summed E-state index contributed by atoms with van der Waals surface area (Å²) < 4.78 is 8.19. The van der Waals surface area contributed by atoms with Gasteiger partial charge < -0.3 is 14.2 Å². The van der Waals surface area contributed by atoms with Crippen LogP contribution in [0.4, 0.5) is 5.82 Å². The minimum Gasteiger partial charge on any atom is -0.378 e. The predicted octanol–water partition coefficient (Wildman–Crippen LogP) is -0.223. The fourth-order valence-electron chi connectivity index (χ4n) is 2.61. The molecule has 2 aromatic heterocycles. The molecule has 0 N–H and O–H groups in total. The van der Waals surface area contributed by atoms with Gasteiger partial charge in [-0.25, -0.2) is 4.68 Å². The maximum Gasteiger partial charge on any atom is 0.274 e. The molecule has 0 bridgehead atoms. The van der Waals surface area contributed by atoms with Gasteiger partial charge in [-0.1, -0.05) is 0 Å². The molecule has 1 aliphatic heterocycles. The summed E-state index contributed by atoms with van der Waals surface area (Å²) in [6.07, 6.45) is 0. The first-order chi connectivity index (χ1) is 10.0. The molecule has 7 heteroatoms. The highest BCUT2D eigenvalue weighted by Gasteiger charge is 2.21. The lowest BCUT2D eigenvalue weighted by atomic mass is 10.2. The van der Waals surface area contributed by atoms with Crippen molar-refractivity contribution in [3.8, 4) is 0 Å². The van der Waals surface area contributed by atoms with Gasteiger partial charge in [0.2, 0.25) is 0 Å². The third-order valence-corrected chi connectivity index (χ3v) is 3.97. The van der Waals surface area contributed by atoms with Crippen LogP contribution in [0.5, 0.6) is 0 Å². The van der Waals surface area contributed by atoms with Gasteiger partial charge in [0.05, 0.1) is 24.0 Å². The smallest absolute Gasteiger partial charge is 0.274 e. The van der Waals surface area contributed by atoms with Gasteiger partial charge in [-0.05, 0) is 13.0 Å². The van der Waals surface area contributed by atoms with Crippen molar-refractivity contribution in [2.75, 3.05) is 31.2 Å². The van der Waals surface area contributed by atoms with Gasteiger partial charge in [0.15, 0.2) is 5.82 Å². The zero-order valence-corrected chi connectivity index (χ0v) is 12.4. The van der Waals surface area contributed by atoms with Crippen LogP contribution in [-0.4, -0.2) is 40.7 Å². The Morgan fingerprint density at radius 3 is 2.48 bits per heavy atom. The highest BCUT2D eigenvalue weighted by Crippen LogP contribution is 2.20. The average molecular weight is 290 g/mol. The molecule has 21 heavy (non-hydrogen) atoms. The number of fused-ring (bicyclic) bond motifs is 1. The molecule has 1 saturated heterocycles. The molecule has 1 aliphatic rings. The summed E-state index contributed by atoms with van der Waals surface area (Å²) in [5, 5.41) is 5.14. The van der Waals surface area contributed by atoms with E-state index >= 15 is 0 Å². The summed E-state index contributed by atoms with van der Waals surface area (Å²) in [5.41, 5.74) is 0.322. The van der Waals surface area contributed by atoms with Crippen LogP contribution in [-0.2, 0) is 18.8 Å². The number of aromatic nitrogens is 3. The van der Waals surface area contributed by atoms with Gasteiger partial charge in [-0.3, -0.25) is 9.59 Å². The third kappa shape index (κ3) is 2.13. The van der Waals surface area contributed by atoms with Gasteiger partial charge in [-0.15, -0.1) is 0 Å². The van der Waals surface area contributed by atoms with E-state index in [0.717, 1.165) is 5.69 Å². The first kappa shape index (κ1) is 13.8. The zero-order valence-electron chi connectivity index (χ0n) is 12.4. The van der Waals surface area contributed by atoms with Crippen LogP contribution in [0.3, 0.4) is 0 Å². The van der Waals surface area contributed by atoms with Crippen molar-refractivity contribution in [1.29, 1.82) is 0 Å². The summed E-state index contributed by atoms with van der Waals surface area (Å²) in [4.78, 5) is 26.9. The van der Waals surface area contributed by atoms with Crippen LogP contribution in [0.25, 0.3) is 10.8 Å². The van der Waals surface area contributed by atoms with E-state index in [4.69, 9.17) is 4.74 Å². The van der Waals surface area contributed by atoms with Gasteiger partial charge in [0, 0.05) is 32.9 Å². The van der Waals surface area contributed by atoms with Crippen molar-refractivity contribution in [2.24, 2.45) is 14.1 Å². The first-order valence-corrected chi connectivity index (χ1v) is 6.91. The fraction of sp³-hybridized carbons (Fsp3) is 0.500. The number of hydrogen-bond acceptors (Lipinski definition) is 5. The van der Waals surface area contributed by atoms with E-state index in [0.29, 0.717) is 42.9 Å². The molecule has 7 nitrogen and oxygen atoms in total. The minimum absolute atomic E-state index is 0.184. The van der Waals surface area contributed by atoms with Gasteiger partial charge >= 0.3 is 0 Å². The lowest BCUT2D eigenvalue weighted by Crippen LogP contribution is -2.39. The lowest BCUT2D eigenvalue weighted by molar-refractivity contribution is 0.122. The van der Waals surface area contributed by atoms with Crippen molar-refractivity contribution >= 4 is 16.6 Å². The average Bonchev–Trinajstić information content (AvgIpc) is 2.49. The maximum atomic E-state index is 12.6. The van der Waals surface area contributed by atoms with Crippen molar-refractivity contribution in [2.45, 2.75) is 6.92 Å².